The van der Waals surface area contributed by atoms with Gasteiger partial charge < -0.3 is 10.1 Å². The number of nitrogens with zero attached hydrogens (tertiary/aromatic N) is 1. The van der Waals surface area contributed by atoms with Crippen LogP contribution in [0.5, 0.6) is 5.88 Å². The molecule has 0 saturated heterocycles. The minimum atomic E-state index is -0.191. The van der Waals surface area contributed by atoms with Crippen LogP contribution in [0.4, 0.5) is 4.39 Å². The zero-order valence-corrected chi connectivity index (χ0v) is 12.0. The van der Waals surface area contributed by atoms with Gasteiger partial charge in [-0.3, -0.25) is 0 Å². The number of ether oxygens (including phenoxy) is 1. The van der Waals surface area contributed by atoms with E-state index < -0.39 is 0 Å². The second kappa shape index (κ2) is 6.48. The molecule has 2 aromatic rings. The summed E-state index contributed by atoms with van der Waals surface area (Å²) >= 11 is 0. The predicted molar refractivity (Wildman–Crippen MR) is 78.2 cm³/mol. The maximum atomic E-state index is 13.8. The van der Waals surface area contributed by atoms with Gasteiger partial charge in [-0.1, -0.05) is 19.9 Å². The summed E-state index contributed by atoms with van der Waals surface area (Å²) in [6.45, 7) is 4.59. The van der Waals surface area contributed by atoms with Gasteiger partial charge in [0.05, 0.1) is 7.11 Å². The Hall–Kier alpha value is -1.94. The van der Waals surface area contributed by atoms with Gasteiger partial charge in [0.15, 0.2) is 0 Å². The Morgan fingerprint density at radius 2 is 1.95 bits per heavy atom. The maximum Gasteiger partial charge on any atom is 0.212 e. The molecule has 0 radical (unpaired) electrons. The Kier molecular flexibility index (Phi) is 4.69. The first kappa shape index (κ1) is 14.5. The lowest BCUT2D eigenvalue weighted by Crippen LogP contribution is -2.22. The lowest BCUT2D eigenvalue weighted by atomic mass is 10.0. The number of hydrogen-bond acceptors (Lipinski definition) is 3. The summed E-state index contributed by atoms with van der Waals surface area (Å²) in [5.41, 5.74) is 2.55. The Morgan fingerprint density at radius 3 is 2.55 bits per heavy atom. The maximum absolute atomic E-state index is 13.8. The number of methoxy groups -OCH3 is 1. The number of pyridine rings is 1. The van der Waals surface area contributed by atoms with Crippen LogP contribution < -0.4 is 10.1 Å². The molecule has 1 aromatic heterocycles. The number of rotatable bonds is 5. The molecule has 0 spiro atoms. The summed E-state index contributed by atoms with van der Waals surface area (Å²) in [5.74, 6) is 0.376. The molecule has 1 aromatic carbocycles. The van der Waals surface area contributed by atoms with Gasteiger partial charge in [-0.15, -0.1) is 0 Å². The highest BCUT2D eigenvalue weighted by Crippen LogP contribution is 2.23. The molecule has 3 nitrogen and oxygen atoms in total. The molecule has 0 aliphatic rings. The van der Waals surface area contributed by atoms with Crippen LogP contribution >= 0.6 is 0 Å². The van der Waals surface area contributed by atoms with Gasteiger partial charge in [0.2, 0.25) is 5.88 Å². The zero-order valence-electron chi connectivity index (χ0n) is 12.0. The first-order chi connectivity index (χ1) is 9.60. The van der Waals surface area contributed by atoms with Crippen molar-refractivity contribution in [1.82, 2.24) is 10.3 Å². The Bertz CT molecular complexity index is 567. The van der Waals surface area contributed by atoms with Crippen LogP contribution in [-0.2, 0) is 6.54 Å². The van der Waals surface area contributed by atoms with Crippen LogP contribution in [0.25, 0.3) is 11.1 Å². The molecule has 0 aliphatic carbocycles. The lowest BCUT2D eigenvalue weighted by Gasteiger charge is -2.11. The fourth-order valence-corrected chi connectivity index (χ4v) is 1.88. The van der Waals surface area contributed by atoms with Crippen molar-refractivity contribution in [2.75, 3.05) is 7.11 Å². The van der Waals surface area contributed by atoms with Crippen molar-refractivity contribution in [2.24, 2.45) is 0 Å². The zero-order chi connectivity index (χ0) is 14.5. The fourth-order valence-electron chi connectivity index (χ4n) is 1.88. The standard InChI is InChI=1S/C16H19FN2O/c1-11(2)18-10-14-8-12(4-6-15(14)17)13-5-7-16(20-3)19-9-13/h4-9,11,18H,10H2,1-3H3. The molecule has 0 amide bonds. The summed E-state index contributed by atoms with van der Waals surface area (Å²) in [5, 5.41) is 3.22. The first-order valence-electron chi connectivity index (χ1n) is 6.62. The topological polar surface area (TPSA) is 34.1 Å². The molecule has 2 rings (SSSR count). The summed E-state index contributed by atoms with van der Waals surface area (Å²) in [6, 6.07) is 9.15. The van der Waals surface area contributed by atoms with Crippen LogP contribution in [0.1, 0.15) is 19.4 Å². The highest BCUT2D eigenvalue weighted by molar-refractivity contribution is 5.63. The quantitative estimate of drug-likeness (QED) is 0.907. The van der Waals surface area contributed by atoms with E-state index >= 15 is 0 Å². The molecule has 0 atom stereocenters. The van der Waals surface area contributed by atoms with Gasteiger partial charge in [0, 0.05) is 36.0 Å². The number of nitrogens with one attached hydrogen (secondary N) is 1. The number of aromatic nitrogens is 1. The van der Waals surface area contributed by atoms with Gasteiger partial charge >= 0.3 is 0 Å². The summed E-state index contributed by atoms with van der Waals surface area (Å²) < 4.78 is 18.8. The third kappa shape index (κ3) is 3.54. The van der Waals surface area contributed by atoms with Crippen LogP contribution in [0.15, 0.2) is 36.5 Å². The van der Waals surface area contributed by atoms with Gasteiger partial charge in [0.1, 0.15) is 5.82 Å². The summed E-state index contributed by atoms with van der Waals surface area (Å²) in [7, 11) is 1.58. The Labute approximate surface area is 118 Å². The SMILES string of the molecule is COc1ccc(-c2ccc(F)c(CNC(C)C)c2)cn1. The van der Waals surface area contributed by atoms with Crippen LogP contribution in [0.2, 0.25) is 0 Å². The Balaban J connectivity index is 2.25. The van der Waals surface area contributed by atoms with E-state index in [-0.39, 0.29) is 5.82 Å². The Morgan fingerprint density at radius 1 is 1.20 bits per heavy atom. The van der Waals surface area contributed by atoms with Crippen molar-refractivity contribution < 1.29 is 9.13 Å². The second-order valence-electron chi connectivity index (χ2n) is 4.93. The highest BCUT2D eigenvalue weighted by atomic mass is 19.1. The van der Waals surface area contributed by atoms with Crippen LogP contribution in [-0.4, -0.2) is 18.1 Å². The number of hydrogen-bond donors (Lipinski definition) is 1. The molecule has 1 heterocycles. The van der Waals surface area contributed by atoms with E-state index in [2.05, 4.69) is 10.3 Å². The van der Waals surface area contributed by atoms with Gasteiger partial charge in [-0.2, -0.15) is 0 Å². The van der Waals surface area contributed by atoms with Crippen molar-refractivity contribution >= 4 is 0 Å². The monoisotopic (exact) mass is 274 g/mol. The van der Waals surface area contributed by atoms with E-state index in [0.29, 0.717) is 24.0 Å². The van der Waals surface area contributed by atoms with Crippen molar-refractivity contribution in [3.63, 3.8) is 0 Å². The number of halogens is 1. The summed E-state index contributed by atoms with van der Waals surface area (Å²) in [6.07, 6.45) is 1.73. The molecule has 0 saturated carbocycles. The molecule has 0 aliphatic heterocycles. The largest absolute Gasteiger partial charge is 0.481 e. The summed E-state index contributed by atoms with van der Waals surface area (Å²) in [4.78, 5) is 4.17. The molecule has 0 bridgehead atoms. The average Bonchev–Trinajstić information content (AvgIpc) is 2.46. The van der Waals surface area contributed by atoms with E-state index in [9.17, 15) is 4.39 Å². The number of benzene rings is 1. The van der Waals surface area contributed by atoms with Crippen molar-refractivity contribution in [3.8, 4) is 17.0 Å². The van der Waals surface area contributed by atoms with Crippen LogP contribution in [0.3, 0.4) is 0 Å². The van der Waals surface area contributed by atoms with Crippen LogP contribution in [0, 0.1) is 5.82 Å². The van der Waals surface area contributed by atoms with E-state index in [0.717, 1.165) is 11.1 Å². The highest BCUT2D eigenvalue weighted by Gasteiger charge is 2.06. The molecule has 1 N–H and O–H groups in total. The smallest absolute Gasteiger partial charge is 0.212 e. The molecule has 0 unspecified atom stereocenters. The molecule has 106 valence electrons. The lowest BCUT2D eigenvalue weighted by molar-refractivity contribution is 0.398. The van der Waals surface area contributed by atoms with Crippen molar-refractivity contribution in [3.05, 3.63) is 47.9 Å². The van der Waals surface area contributed by atoms with E-state index in [4.69, 9.17) is 4.74 Å². The predicted octanol–water partition coefficient (Wildman–Crippen LogP) is 3.39. The molecule has 20 heavy (non-hydrogen) atoms. The van der Waals surface area contributed by atoms with Crippen molar-refractivity contribution in [2.45, 2.75) is 26.4 Å². The van der Waals surface area contributed by atoms with Gasteiger partial charge in [-0.05, 0) is 23.8 Å². The minimum absolute atomic E-state index is 0.191. The first-order valence-corrected chi connectivity index (χ1v) is 6.62. The van der Waals surface area contributed by atoms with E-state index in [1.165, 1.54) is 6.07 Å². The fraction of sp³-hybridized carbons (Fsp3) is 0.312. The second-order valence-corrected chi connectivity index (χ2v) is 4.93. The third-order valence-corrected chi connectivity index (χ3v) is 3.03. The molecular weight excluding hydrogens is 255 g/mol. The minimum Gasteiger partial charge on any atom is -0.481 e. The molecule has 0 fully saturated rings. The average molecular weight is 274 g/mol. The normalized spacial score (nSPS) is 10.8. The van der Waals surface area contributed by atoms with Gasteiger partial charge in [-0.25, -0.2) is 9.37 Å². The van der Waals surface area contributed by atoms with E-state index in [1.54, 1.807) is 25.4 Å². The molecular formula is C16H19FN2O. The van der Waals surface area contributed by atoms with E-state index in [1.807, 2.05) is 26.0 Å². The molecule has 4 heteroatoms. The van der Waals surface area contributed by atoms with Gasteiger partial charge in [0.25, 0.3) is 0 Å². The van der Waals surface area contributed by atoms with Crippen molar-refractivity contribution in [1.29, 1.82) is 0 Å². The third-order valence-electron chi connectivity index (χ3n) is 3.03.